The molecule has 0 atom stereocenters. The Morgan fingerprint density at radius 3 is 2.75 bits per heavy atom. The maximum absolute atomic E-state index is 12.6. The van der Waals surface area contributed by atoms with E-state index in [0.29, 0.717) is 0 Å². The molecule has 4 nitrogen and oxygen atoms in total. The summed E-state index contributed by atoms with van der Waals surface area (Å²) in [6.07, 6.45) is -2.65. The molecular weight excluding hydrogens is 242 g/mol. The van der Waals surface area contributed by atoms with Crippen molar-refractivity contribution in [2.45, 2.75) is 12.8 Å². The zero-order valence-electron chi connectivity index (χ0n) is 7.75. The number of carbonyl (C=O) groups is 1. The van der Waals surface area contributed by atoms with Crippen LogP contribution in [0.5, 0.6) is 0 Å². The molecule has 1 N–H and O–H groups in total. The van der Waals surface area contributed by atoms with E-state index in [0.717, 1.165) is 6.20 Å². The summed E-state index contributed by atoms with van der Waals surface area (Å²) in [6, 6.07) is 1.60. The van der Waals surface area contributed by atoms with E-state index < -0.39 is 29.4 Å². The van der Waals surface area contributed by atoms with Gasteiger partial charge in [-0.15, -0.1) is 0 Å². The zero-order chi connectivity index (χ0) is 12.3. The molecule has 1 rings (SSSR count). The van der Waals surface area contributed by atoms with E-state index in [2.05, 4.69) is 4.98 Å². The van der Waals surface area contributed by atoms with Crippen LogP contribution in [0.2, 0.25) is 5.02 Å². The maximum Gasteiger partial charge on any atom is 0.309 e. The van der Waals surface area contributed by atoms with E-state index in [-0.39, 0.29) is 11.3 Å². The van der Waals surface area contributed by atoms with Crippen molar-refractivity contribution in [3.05, 3.63) is 28.0 Å². The fraction of sp³-hybridized carbons (Fsp3) is 0.222. The van der Waals surface area contributed by atoms with Gasteiger partial charge in [0.1, 0.15) is 6.07 Å². The largest absolute Gasteiger partial charge is 0.481 e. The minimum Gasteiger partial charge on any atom is -0.481 e. The van der Waals surface area contributed by atoms with E-state index in [1.807, 2.05) is 0 Å². The van der Waals surface area contributed by atoms with Crippen molar-refractivity contribution >= 4 is 17.6 Å². The Morgan fingerprint density at radius 2 is 2.31 bits per heavy atom. The Kier molecular flexibility index (Phi) is 3.74. The lowest BCUT2D eigenvalue weighted by Gasteiger charge is -2.08. The molecule has 0 spiro atoms. The van der Waals surface area contributed by atoms with Crippen LogP contribution in [0.3, 0.4) is 0 Å². The normalized spacial score (nSPS) is 10.2. The predicted octanol–water partition coefficient (Wildman–Crippen LogP) is 2.17. The number of aromatic nitrogens is 1. The van der Waals surface area contributed by atoms with E-state index >= 15 is 0 Å². The summed E-state index contributed by atoms with van der Waals surface area (Å²) < 4.78 is 25.3. The highest BCUT2D eigenvalue weighted by Crippen LogP contribution is 2.31. The van der Waals surface area contributed by atoms with Crippen LogP contribution in [0.4, 0.5) is 8.78 Å². The van der Waals surface area contributed by atoms with Crippen molar-refractivity contribution in [1.29, 1.82) is 5.26 Å². The van der Waals surface area contributed by atoms with Crippen molar-refractivity contribution in [3.8, 4) is 6.07 Å². The molecule has 16 heavy (non-hydrogen) atoms. The average Bonchev–Trinajstić information content (AvgIpc) is 2.16. The van der Waals surface area contributed by atoms with Gasteiger partial charge in [0.25, 0.3) is 6.43 Å². The molecule has 0 bridgehead atoms. The van der Waals surface area contributed by atoms with Gasteiger partial charge in [-0.3, -0.25) is 9.78 Å². The highest BCUT2D eigenvalue weighted by molar-refractivity contribution is 6.32. The average molecular weight is 247 g/mol. The van der Waals surface area contributed by atoms with Crippen molar-refractivity contribution in [2.75, 3.05) is 0 Å². The summed E-state index contributed by atoms with van der Waals surface area (Å²) in [5.41, 5.74) is -1.22. The van der Waals surface area contributed by atoms with Crippen molar-refractivity contribution in [1.82, 2.24) is 4.98 Å². The van der Waals surface area contributed by atoms with Crippen LogP contribution in [0.1, 0.15) is 23.2 Å². The first-order valence-corrected chi connectivity index (χ1v) is 4.42. The highest BCUT2D eigenvalue weighted by Gasteiger charge is 2.22. The first-order valence-electron chi connectivity index (χ1n) is 4.04. The number of hydrogen-bond acceptors (Lipinski definition) is 3. The monoisotopic (exact) mass is 246 g/mol. The zero-order valence-corrected chi connectivity index (χ0v) is 8.50. The molecular formula is C9H5ClF2N2O2. The molecule has 0 radical (unpaired) electrons. The van der Waals surface area contributed by atoms with E-state index in [9.17, 15) is 13.6 Å². The number of alkyl halides is 2. The summed E-state index contributed by atoms with van der Waals surface area (Å²) >= 11 is 5.56. The third kappa shape index (κ3) is 2.44. The Hall–Kier alpha value is -1.74. The van der Waals surface area contributed by atoms with Crippen LogP contribution in [-0.2, 0) is 11.2 Å². The van der Waals surface area contributed by atoms with E-state index in [4.69, 9.17) is 22.0 Å². The quantitative estimate of drug-likeness (QED) is 0.887. The molecule has 0 amide bonds. The maximum atomic E-state index is 12.6. The summed E-state index contributed by atoms with van der Waals surface area (Å²) in [4.78, 5) is 13.9. The Labute approximate surface area is 94.1 Å². The molecule has 0 aliphatic rings. The molecule has 84 valence electrons. The number of nitrogens with zero attached hydrogens (tertiary/aromatic N) is 2. The molecule has 1 aromatic rings. The van der Waals surface area contributed by atoms with Gasteiger partial charge in [0.05, 0.1) is 28.3 Å². The molecule has 7 heteroatoms. The van der Waals surface area contributed by atoms with Crippen molar-refractivity contribution in [2.24, 2.45) is 0 Å². The van der Waals surface area contributed by atoms with Gasteiger partial charge in [0.2, 0.25) is 0 Å². The van der Waals surface area contributed by atoms with Gasteiger partial charge in [0, 0.05) is 6.20 Å². The fourth-order valence-electron chi connectivity index (χ4n) is 1.12. The number of aliphatic carboxylic acids is 1. The smallest absolute Gasteiger partial charge is 0.309 e. The van der Waals surface area contributed by atoms with E-state index in [1.165, 1.54) is 0 Å². The SMILES string of the molecule is N#Cc1cnc(CC(=O)O)c(C(F)F)c1Cl. The number of carboxylic acids is 1. The number of rotatable bonds is 3. The summed E-state index contributed by atoms with van der Waals surface area (Å²) in [7, 11) is 0. The number of nitriles is 1. The van der Waals surface area contributed by atoms with Crippen LogP contribution in [0.15, 0.2) is 6.20 Å². The lowest BCUT2D eigenvalue weighted by molar-refractivity contribution is -0.136. The molecule has 0 aromatic carbocycles. The molecule has 0 aliphatic carbocycles. The number of pyridine rings is 1. The van der Waals surface area contributed by atoms with Crippen molar-refractivity contribution < 1.29 is 18.7 Å². The van der Waals surface area contributed by atoms with Crippen molar-refractivity contribution in [3.63, 3.8) is 0 Å². The molecule has 0 saturated heterocycles. The predicted molar refractivity (Wildman–Crippen MR) is 50.3 cm³/mol. The van der Waals surface area contributed by atoms with Crippen LogP contribution < -0.4 is 0 Å². The number of halogens is 3. The van der Waals surface area contributed by atoms with Gasteiger partial charge in [-0.05, 0) is 0 Å². The van der Waals surface area contributed by atoms with E-state index in [1.54, 1.807) is 6.07 Å². The molecule has 1 aromatic heterocycles. The van der Waals surface area contributed by atoms with Crippen LogP contribution in [0, 0.1) is 11.3 Å². The van der Waals surface area contributed by atoms with Gasteiger partial charge >= 0.3 is 5.97 Å². The number of hydrogen-bond donors (Lipinski definition) is 1. The fourth-order valence-corrected chi connectivity index (χ4v) is 1.41. The highest BCUT2D eigenvalue weighted by atomic mass is 35.5. The molecule has 1 heterocycles. The topological polar surface area (TPSA) is 74.0 Å². The lowest BCUT2D eigenvalue weighted by Crippen LogP contribution is -2.08. The third-order valence-corrected chi connectivity index (χ3v) is 2.20. The minimum atomic E-state index is -2.97. The van der Waals surface area contributed by atoms with Gasteiger partial charge in [-0.25, -0.2) is 8.78 Å². The summed E-state index contributed by atoms with van der Waals surface area (Å²) in [5.74, 6) is -1.30. The van der Waals surface area contributed by atoms with Gasteiger partial charge in [-0.2, -0.15) is 5.26 Å². The first kappa shape index (κ1) is 12.3. The minimum absolute atomic E-state index is 0.203. The molecule has 0 saturated carbocycles. The molecule has 0 unspecified atom stereocenters. The lowest BCUT2D eigenvalue weighted by atomic mass is 10.1. The Bertz CT molecular complexity index is 471. The van der Waals surface area contributed by atoms with Crippen LogP contribution in [0.25, 0.3) is 0 Å². The second-order valence-electron chi connectivity index (χ2n) is 2.83. The second kappa shape index (κ2) is 4.86. The molecule has 0 fully saturated rings. The standard InChI is InChI=1S/C9H5ClF2N2O2/c10-8-4(2-13)3-14-5(1-6(15)16)7(8)9(11)12/h3,9H,1H2,(H,15,16). The summed E-state index contributed by atoms with van der Waals surface area (Å²) in [5, 5.41) is 16.6. The molecule has 0 aliphatic heterocycles. The number of carboxylic acid groups (broad SMARTS) is 1. The summed E-state index contributed by atoms with van der Waals surface area (Å²) in [6.45, 7) is 0. The van der Waals surface area contributed by atoms with Crippen LogP contribution >= 0.6 is 11.6 Å². The van der Waals surface area contributed by atoms with Gasteiger partial charge in [-0.1, -0.05) is 11.6 Å². The Morgan fingerprint density at radius 1 is 1.69 bits per heavy atom. The van der Waals surface area contributed by atoms with Crippen LogP contribution in [-0.4, -0.2) is 16.1 Å². The van der Waals surface area contributed by atoms with Gasteiger partial charge < -0.3 is 5.11 Å². The van der Waals surface area contributed by atoms with Gasteiger partial charge in [0.15, 0.2) is 0 Å². The Balaban J connectivity index is 3.35. The second-order valence-corrected chi connectivity index (χ2v) is 3.21. The third-order valence-electron chi connectivity index (χ3n) is 1.79. The first-order chi connectivity index (χ1) is 7.47.